The van der Waals surface area contributed by atoms with E-state index < -0.39 is 5.97 Å². The van der Waals surface area contributed by atoms with Crippen LogP contribution in [0.5, 0.6) is 0 Å². The molecule has 1 aromatic heterocycles. The number of esters is 1. The van der Waals surface area contributed by atoms with Gasteiger partial charge in [-0.05, 0) is 44.7 Å². The Labute approximate surface area is 124 Å². The molecule has 2 aliphatic rings. The van der Waals surface area contributed by atoms with E-state index in [0.29, 0.717) is 18.1 Å². The molecule has 0 aliphatic carbocycles. The van der Waals surface area contributed by atoms with Gasteiger partial charge in [0.15, 0.2) is 11.5 Å². The molecule has 21 heavy (non-hydrogen) atoms. The summed E-state index contributed by atoms with van der Waals surface area (Å²) >= 11 is 0. The predicted octanol–water partition coefficient (Wildman–Crippen LogP) is 1.37. The fourth-order valence-corrected chi connectivity index (χ4v) is 3.58. The minimum Gasteiger partial charge on any atom is -0.464 e. The molecule has 2 bridgehead atoms. The lowest BCUT2D eigenvalue weighted by Gasteiger charge is -2.37. The standard InChI is InChI=1S/C15H22N4O2/c1-3-19(12-8-10-4-5-11(9-12)16-10)14-7-6-13(17-18-14)15(20)21-2/h6-7,10-12,16H,3-5,8-9H2,1-2H3. The number of hydrogen-bond donors (Lipinski definition) is 1. The Bertz CT molecular complexity index is 493. The van der Waals surface area contributed by atoms with Crippen molar-refractivity contribution < 1.29 is 9.53 Å². The smallest absolute Gasteiger partial charge is 0.358 e. The van der Waals surface area contributed by atoms with Gasteiger partial charge in [-0.15, -0.1) is 10.2 Å². The third-order valence-corrected chi connectivity index (χ3v) is 4.57. The molecule has 0 spiro atoms. The molecule has 2 aliphatic heterocycles. The number of piperidine rings is 1. The number of nitrogens with zero attached hydrogens (tertiary/aromatic N) is 3. The number of hydrogen-bond acceptors (Lipinski definition) is 6. The van der Waals surface area contributed by atoms with Crippen LogP contribution in [0.4, 0.5) is 5.82 Å². The SMILES string of the molecule is CCN(c1ccc(C(=O)OC)nn1)C1CC2CCC(C1)N2. The molecule has 0 aromatic carbocycles. The monoisotopic (exact) mass is 290 g/mol. The summed E-state index contributed by atoms with van der Waals surface area (Å²) in [5.41, 5.74) is 0.252. The number of rotatable bonds is 4. The Kier molecular flexibility index (Phi) is 4.05. The van der Waals surface area contributed by atoms with Crippen molar-refractivity contribution in [3.05, 3.63) is 17.8 Å². The van der Waals surface area contributed by atoms with Gasteiger partial charge in [0.2, 0.25) is 0 Å². The first kappa shape index (κ1) is 14.3. The minimum atomic E-state index is -0.447. The number of carbonyl (C=O) groups is 1. The van der Waals surface area contributed by atoms with Gasteiger partial charge in [0.25, 0.3) is 0 Å². The highest BCUT2D eigenvalue weighted by molar-refractivity contribution is 5.86. The second-order valence-electron chi connectivity index (χ2n) is 5.82. The quantitative estimate of drug-likeness (QED) is 0.845. The Balaban J connectivity index is 1.75. The molecular formula is C15H22N4O2. The van der Waals surface area contributed by atoms with Gasteiger partial charge in [-0.2, -0.15) is 0 Å². The van der Waals surface area contributed by atoms with E-state index >= 15 is 0 Å². The van der Waals surface area contributed by atoms with E-state index in [9.17, 15) is 4.79 Å². The molecule has 2 atom stereocenters. The predicted molar refractivity (Wildman–Crippen MR) is 79.4 cm³/mol. The summed E-state index contributed by atoms with van der Waals surface area (Å²) in [6.45, 7) is 3.04. The van der Waals surface area contributed by atoms with Crippen molar-refractivity contribution in [3.63, 3.8) is 0 Å². The lowest BCUT2D eigenvalue weighted by molar-refractivity contribution is 0.0592. The molecule has 6 nitrogen and oxygen atoms in total. The van der Waals surface area contributed by atoms with Gasteiger partial charge in [0.1, 0.15) is 0 Å². The van der Waals surface area contributed by atoms with Crippen molar-refractivity contribution in [3.8, 4) is 0 Å². The van der Waals surface area contributed by atoms with Crippen LogP contribution in [0, 0.1) is 0 Å². The van der Waals surface area contributed by atoms with Crippen LogP contribution in [0.1, 0.15) is 43.1 Å². The number of fused-ring (bicyclic) bond motifs is 2. The highest BCUT2D eigenvalue weighted by Gasteiger charge is 2.36. The van der Waals surface area contributed by atoms with E-state index in [4.69, 9.17) is 0 Å². The molecule has 1 aromatic rings. The van der Waals surface area contributed by atoms with Crippen LogP contribution in [-0.2, 0) is 4.74 Å². The third-order valence-electron chi connectivity index (χ3n) is 4.57. The normalized spacial score (nSPS) is 27.4. The summed E-state index contributed by atoms with van der Waals surface area (Å²) in [6.07, 6.45) is 4.88. The molecule has 3 heterocycles. The Hall–Kier alpha value is -1.69. The van der Waals surface area contributed by atoms with E-state index in [0.717, 1.165) is 25.2 Å². The molecule has 6 heteroatoms. The Morgan fingerprint density at radius 3 is 2.57 bits per heavy atom. The fourth-order valence-electron chi connectivity index (χ4n) is 3.58. The first-order valence-electron chi connectivity index (χ1n) is 7.66. The average Bonchev–Trinajstić information content (AvgIpc) is 2.86. The third kappa shape index (κ3) is 2.85. The molecule has 0 radical (unpaired) electrons. The minimum absolute atomic E-state index is 0.252. The van der Waals surface area contributed by atoms with E-state index in [-0.39, 0.29) is 5.69 Å². The van der Waals surface area contributed by atoms with Crippen LogP contribution in [0.3, 0.4) is 0 Å². The molecule has 3 rings (SSSR count). The number of nitrogens with one attached hydrogen (secondary N) is 1. The molecule has 2 unspecified atom stereocenters. The fraction of sp³-hybridized carbons (Fsp3) is 0.667. The van der Waals surface area contributed by atoms with Crippen molar-refractivity contribution in [2.45, 2.75) is 50.7 Å². The number of anilines is 1. The van der Waals surface area contributed by atoms with E-state index in [2.05, 4.69) is 32.1 Å². The van der Waals surface area contributed by atoms with Gasteiger partial charge in [-0.1, -0.05) is 0 Å². The summed E-state index contributed by atoms with van der Waals surface area (Å²) in [5.74, 6) is 0.397. The summed E-state index contributed by atoms with van der Waals surface area (Å²) < 4.78 is 4.65. The second-order valence-corrected chi connectivity index (χ2v) is 5.82. The van der Waals surface area contributed by atoms with Crippen LogP contribution in [0.2, 0.25) is 0 Å². The maximum absolute atomic E-state index is 11.4. The van der Waals surface area contributed by atoms with Crippen molar-refractivity contribution in [2.24, 2.45) is 0 Å². The number of ether oxygens (including phenoxy) is 1. The van der Waals surface area contributed by atoms with Crippen LogP contribution in [0.15, 0.2) is 12.1 Å². The Morgan fingerprint density at radius 2 is 2.05 bits per heavy atom. The topological polar surface area (TPSA) is 67.4 Å². The van der Waals surface area contributed by atoms with Gasteiger partial charge in [0, 0.05) is 24.7 Å². The van der Waals surface area contributed by atoms with Crippen LogP contribution < -0.4 is 10.2 Å². The molecular weight excluding hydrogens is 268 g/mol. The number of aromatic nitrogens is 2. The first-order valence-corrected chi connectivity index (χ1v) is 7.66. The molecule has 2 saturated heterocycles. The summed E-state index contributed by atoms with van der Waals surface area (Å²) in [6, 6.07) is 5.35. The van der Waals surface area contributed by atoms with Gasteiger partial charge in [0.05, 0.1) is 7.11 Å². The van der Waals surface area contributed by atoms with Gasteiger partial charge >= 0.3 is 5.97 Å². The first-order chi connectivity index (χ1) is 10.2. The lowest BCUT2D eigenvalue weighted by atomic mass is 9.98. The lowest BCUT2D eigenvalue weighted by Crippen LogP contribution is -2.48. The maximum Gasteiger partial charge on any atom is 0.358 e. The van der Waals surface area contributed by atoms with Gasteiger partial charge in [-0.25, -0.2) is 4.79 Å². The van der Waals surface area contributed by atoms with Crippen molar-refractivity contribution in [1.82, 2.24) is 15.5 Å². The molecule has 2 fully saturated rings. The largest absolute Gasteiger partial charge is 0.464 e. The second kappa shape index (κ2) is 5.97. The van der Waals surface area contributed by atoms with E-state index in [1.54, 1.807) is 6.07 Å². The summed E-state index contributed by atoms with van der Waals surface area (Å²) in [4.78, 5) is 13.7. The number of methoxy groups -OCH3 is 1. The highest BCUT2D eigenvalue weighted by atomic mass is 16.5. The molecule has 0 saturated carbocycles. The maximum atomic E-state index is 11.4. The molecule has 114 valence electrons. The van der Waals surface area contributed by atoms with Gasteiger partial charge in [-0.3, -0.25) is 0 Å². The van der Waals surface area contributed by atoms with Crippen LogP contribution in [0.25, 0.3) is 0 Å². The molecule has 1 N–H and O–H groups in total. The molecule has 0 amide bonds. The number of carbonyl (C=O) groups excluding carboxylic acids is 1. The highest BCUT2D eigenvalue weighted by Crippen LogP contribution is 2.31. The van der Waals surface area contributed by atoms with Crippen molar-refractivity contribution in [2.75, 3.05) is 18.6 Å². The van der Waals surface area contributed by atoms with E-state index in [1.807, 2.05) is 6.07 Å². The van der Waals surface area contributed by atoms with Crippen LogP contribution >= 0.6 is 0 Å². The van der Waals surface area contributed by atoms with Gasteiger partial charge < -0.3 is 15.0 Å². The average molecular weight is 290 g/mol. The summed E-state index contributed by atoms with van der Waals surface area (Å²) in [7, 11) is 1.35. The van der Waals surface area contributed by atoms with Crippen molar-refractivity contribution in [1.29, 1.82) is 0 Å². The van der Waals surface area contributed by atoms with Crippen molar-refractivity contribution >= 4 is 11.8 Å². The Morgan fingerprint density at radius 1 is 1.33 bits per heavy atom. The van der Waals surface area contributed by atoms with E-state index in [1.165, 1.54) is 20.0 Å². The van der Waals surface area contributed by atoms with Crippen LogP contribution in [-0.4, -0.2) is 47.9 Å². The zero-order valence-corrected chi connectivity index (χ0v) is 12.6. The zero-order chi connectivity index (χ0) is 14.8. The summed E-state index contributed by atoms with van der Waals surface area (Å²) in [5, 5.41) is 11.9. The zero-order valence-electron chi connectivity index (χ0n) is 12.6.